The Morgan fingerprint density at radius 2 is 1.47 bits per heavy atom. The molecule has 8 heteroatoms. The molecule has 2 aromatic rings. The number of amides is 3. The van der Waals surface area contributed by atoms with Crippen LogP contribution in [0.4, 0.5) is 11.4 Å². The van der Waals surface area contributed by atoms with Gasteiger partial charge in [-0.2, -0.15) is 0 Å². The number of carbonyl (C=O) groups excluding carboxylic acids is 4. The molecule has 2 unspecified atom stereocenters. The van der Waals surface area contributed by atoms with Crippen molar-refractivity contribution in [3.63, 3.8) is 0 Å². The highest BCUT2D eigenvalue weighted by atomic mass is 16.5. The molecule has 8 nitrogen and oxygen atoms in total. The number of nitrogens with one attached hydrogen (secondary N) is 3. The number of carbonyl (C=O) groups is 4. The smallest absolute Gasteiger partial charge is 0.339 e. The summed E-state index contributed by atoms with van der Waals surface area (Å²) in [6, 6.07) is 13.8. The van der Waals surface area contributed by atoms with Crippen molar-refractivity contribution in [1.82, 2.24) is 5.32 Å². The van der Waals surface area contributed by atoms with Gasteiger partial charge in [0.2, 0.25) is 11.8 Å². The summed E-state index contributed by atoms with van der Waals surface area (Å²) in [6.07, 6.45) is 0.574. The molecule has 0 aliphatic carbocycles. The van der Waals surface area contributed by atoms with Crippen LogP contribution in [0.2, 0.25) is 0 Å². The van der Waals surface area contributed by atoms with Crippen LogP contribution in [0.5, 0.6) is 0 Å². The summed E-state index contributed by atoms with van der Waals surface area (Å²) in [5, 5.41) is 8.08. The quantitative estimate of drug-likeness (QED) is 0.514. The molecule has 0 radical (unpaired) electrons. The number of ether oxygens (including phenoxy) is 1. The molecule has 2 atom stereocenters. The third-order valence-corrected chi connectivity index (χ3v) is 4.56. The zero-order chi connectivity index (χ0) is 23.7. The molecular formula is C24H29N3O5. The fraction of sp³-hybridized carbons (Fsp3) is 0.333. The molecule has 0 bridgehead atoms. The Balaban J connectivity index is 2.13. The van der Waals surface area contributed by atoms with E-state index in [1.165, 1.54) is 39.0 Å². The van der Waals surface area contributed by atoms with Crippen molar-refractivity contribution in [3.05, 3.63) is 59.7 Å². The Kier molecular flexibility index (Phi) is 8.95. The third-order valence-electron chi connectivity index (χ3n) is 4.56. The summed E-state index contributed by atoms with van der Waals surface area (Å²) in [7, 11) is 0. The maximum absolute atomic E-state index is 12.7. The molecule has 2 aromatic carbocycles. The second kappa shape index (κ2) is 11.6. The molecule has 170 valence electrons. The summed E-state index contributed by atoms with van der Waals surface area (Å²) < 4.78 is 5.36. The van der Waals surface area contributed by atoms with Crippen molar-refractivity contribution < 1.29 is 23.9 Å². The van der Waals surface area contributed by atoms with Crippen LogP contribution >= 0.6 is 0 Å². The SMILES string of the molecule is CCCC(NC(=O)C(C)OC(=O)c1cc(NC(C)=O)cc(NC(C)=O)c1)c1ccccc1. The highest BCUT2D eigenvalue weighted by molar-refractivity contribution is 5.98. The number of rotatable bonds is 9. The van der Waals surface area contributed by atoms with E-state index < -0.39 is 18.0 Å². The Morgan fingerprint density at radius 3 is 1.97 bits per heavy atom. The van der Waals surface area contributed by atoms with Crippen LogP contribution in [0.25, 0.3) is 0 Å². The molecule has 0 aliphatic rings. The average molecular weight is 440 g/mol. The summed E-state index contributed by atoms with van der Waals surface area (Å²) >= 11 is 0. The van der Waals surface area contributed by atoms with Crippen molar-refractivity contribution in [2.45, 2.75) is 52.7 Å². The Morgan fingerprint density at radius 1 is 0.906 bits per heavy atom. The Bertz CT molecular complexity index is 941. The van der Waals surface area contributed by atoms with Crippen molar-refractivity contribution in [1.29, 1.82) is 0 Å². The Hall–Kier alpha value is -3.68. The van der Waals surface area contributed by atoms with E-state index in [1.807, 2.05) is 37.3 Å². The highest BCUT2D eigenvalue weighted by Crippen LogP contribution is 2.21. The van der Waals surface area contributed by atoms with Gasteiger partial charge in [-0.3, -0.25) is 14.4 Å². The molecule has 0 saturated heterocycles. The van der Waals surface area contributed by atoms with E-state index in [9.17, 15) is 19.2 Å². The van der Waals surface area contributed by atoms with Gasteiger partial charge in [0.05, 0.1) is 11.6 Å². The van der Waals surface area contributed by atoms with Crippen molar-refractivity contribution in [2.24, 2.45) is 0 Å². The van der Waals surface area contributed by atoms with Gasteiger partial charge < -0.3 is 20.7 Å². The summed E-state index contributed by atoms with van der Waals surface area (Å²) in [5.41, 5.74) is 1.71. The first-order chi connectivity index (χ1) is 15.2. The minimum Gasteiger partial charge on any atom is -0.449 e. The summed E-state index contributed by atoms with van der Waals surface area (Å²) in [6.45, 7) is 6.18. The monoisotopic (exact) mass is 439 g/mol. The van der Waals surface area contributed by atoms with Gasteiger partial charge >= 0.3 is 5.97 Å². The van der Waals surface area contributed by atoms with Crippen LogP contribution in [-0.2, 0) is 19.1 Å². The molecular weight excluding hydrogens is 410 g/mol. The van der Waals surface area contributed by atoms with E-state index >= 15 is 0 Å². The van der Waals surface area contributed by atoms with Crippen molar-refractivity contribution >= 4 is 35.1 Å². The van der Waals surface area contributed by atoms with Gasteiger partial charge in [-0.25, -0.2) is 4.79 Å². The van der Waals surface area contributed by atoms with E-state index in [-0.39, 0.29) is 23.4 Å². The molecule has 2 rings (SSSR count). The molecule has 0 saturated carbocycles. The lowest BCUT2D eigenvalue weighted by Crippen LogP contribution is -2.38. The zero-order valence-electron chi connectivity index (χ0n) is 18.7. The molecule has 3 amide bonds. The number of esters is 1. The number of benzene rings is 2. The molecule has 0 heterocycles. The van der Waals surface area contributed by atoms with Gasteiger partial charge in [0, 0.05) is 25.2 Å². The van der Waals surface area contributed by atoms with E-state index in [0.717, 1.165) is 18.4 Å². The second-order valence-electron chi connectivity index (χ2n) is 7.47. The lowest BCUT2D eigenvalue weighted by Gasteiger charge is -2.21. The number of hydrogen-bond donors (Lipinski definition) is 3. The van der Waals surface area contributed by atoms with Crippen LogP contribution in [-0.4, -0.2) is 29.8 Å². The predicted molar refractivity (Wildman–Crippen MR) is 122 cm³/mol. The Labute approximate surface area is 187 Å². The molecule has 0 fully saturated rings. The van der Waals surface area contributed by atoms with E-state index in [4.69, 9.17) is 4.74 Å². The van der Waals surface area contributed by atoms with Gasteiger partial charge in [0.25, 0.3) is 5.91 Å². The lowest BCUT2D eigenvalue weighted by molar-refractivity contribution is -0.130. The van der Waals surface area contributed by atoms with Crippen molar-refractivity contribution in [2.75, 3.05) is 10.6 Å². The highest BCUT2D eigenvalue weighted by Gasteiger charge is 2.23. The molecule has 0 spiro atoms. The largest absolute Gasteiger partial charge is 0.449 e. The van der Waals surface area contributed by atoms with Crippen molar-refractivity contribution in [3.8, 4) is 0 Å². The first-order valence-electron chi connectivity index (χ1n) is 10.5. The topological polar surface area (TPSA) is 114 Å². The van der Waals surface area contributed by atoms with Crippen LogP contribution in [0, 0.1) is 0 Å². The van der Waals surface area contributed by atoms with E-state index in [1.54, 1.807) is 0 Å². The molecule has 32 heavy (non-hydrogen) atoms. The van der Waals surface area contributed by atoms with Crippen LogP contribution < -0.4 is 16.0 Å². The minimum absolute atomic E-state index is 0.0906. The fourth-order valence-electron chi connectivity index (χ4n) is 3.16. The average Bonchev–Trinajstić information content (AvgIpc) is 2.72. The predicted octanol–water partition coefficient (Wildman–Crippen LogP) is 3.81. The second-order valence-corrected chi connectivity index (χ2v) is 7.47. The number of anilines is 2. The minimum atomic E-state index is -1.04. The third kappa shape index (κ3) is 7.54. The number of hydrogen-bond acceptors (Lipinski definition) is 5. The van der Waals surface area contributed by atoms with Gasteiger partial charge in [-0.05, 0) is 37.1 Å². The van der Waals surface area contributed by atoms with Crippen LogP contribution in [0.1, 0.15) is 62.5 Å². The first-order valence-corrected chi connectivity index (χ1v) is 10.5. The molecule has 0 aromatic heterocycles. The summed E-state index contributed by atoms with van der Waals surface area (Å²) in [4.78, 5) is 48.2. The van der Waals surface area contributed by atoms with Crippen LogP contribution in [0.3, 0.4) is 0 Å². The van der Waals surface area contributed by atoms with Crippen LogP contribution in [0.15, 0.2) is 48.5 Å². The van der Waals surface area contributed by atoms with E-state index in [2.05, 4.69) is 16.0 Å². The normalized spacial score (nSPS) is 12.2. The van der Waals surface area contributed by atoms with Gasteiger partial charge in [-0.1, -0.05) is 43.7 Å². The fourth-order valence-corrected chi connectivity index (χ4v) is 3.16. The lowest BCUT2D eigenvalue weighted by atomic mass is 10.0. The van der Waals surface area contributed by atoms with Gasteiger partial charge in [-0.15, -0.1) is 0 Å². The van der Waals surface area contributed by atoms with E-state index in [0.29, 0.717) is 11.4 Å². The first kappa shape index (κ1) is 24.6. The molecule has 3 N–H and O–H groups in total. The standard InChI is InChI=1S/C24H29N3O5/c1-5-9-22(18-10-7-6-8-11-18)27-23(30)15(2)32-24(31)19-12-20(25-16(3)28)14-21(13-19)26-17(4)29/h6-8,10-15,22H,5,9H2,1-4H3,(H,25,28)(H,26,29)(H,27,30). The zero-order valence-corrected chi connectivity index (χ0v) is 18.7. The maximum atomic E-state index is 12.7. The van der Waals surface area contributed by atoms with Gasteiger partial charge in [0.15, 0.2) is 6.10 Å². The van der Waals surface area contributed by atoms with Gasteiger partial charge in [0.1, 0.15) is 0 Å². The summed E-state index contributed by atoms with van der Waals surface area (Å²) in [5.74, 6) is -1.83. The maximum Gasteiger partial charge on any atom is 0.339 e. The molecule has 0 aliphatic heterocycles.